The van der Waals surface area contributed by atoms with E-state index in [9.17, 15) is 9.90 Å². The topological polar surface area (TPSA) is 58.6 Å². The minimum atomic E-state index is -0.661. The van der Waals surface area contributed by atoms with Gasteiger partial charge >= 0.3 is 5.97 Å². The van der Waals surface area contributed by atoms with E-state index in [1.165, 1.54) is 0 Å². The summed E-state index contributed by atoms with van der Waals surface area (Å²) in [5.41, 5.74) is 0. The first-order valence-electron chi connectivity index (χ1n) is 3.39. The van der Waals surface area contributed by atoms with Crippen molar-refractivity contribution in [3.8, 4) is 0 Å². The van der Waals surface area contributed by atoms with Gasteiger partial charge in [0.25, 0.3) is 0 Å². The number of ether oxygens (including phenoxy) is 2. The maximum Gasteiger partial charge on any atom is 0.332 e. The SMILES string of the molecule is CCOC(=O)C=C([O-])OCC. The minimum Gasteiger partial charge on any atom is -0.613 e. The van der Waals surface area contributed by atoms with Crippen LogP contribution in [0.4, 0.5) is 0 Å². The van der Waals surface area contributed by atoms with Gasteiger partial charge in [-0.15, -0.1) is 0 Å². The number of rotatable bonds is 4. The van der Waals surface area contributed by atoms with Crippen molar-refractivity contribution in [2.45, 2.75) is 13.8 Å². The zero-order chi connectivity index (χ0) is 8.69. The average molecular weight is 159 g/mol. The summed E-state index contributed by atoms with van der Waals surface area (Å²) >= 11 is 0. The van der Waals surface area contributed by atoms with E-state index >= 15 is 0 Å². The van der Waals surface area contributed by atoms with E-state index in [2.05, 4.69) is 9.47 Å². The highest BCUT2D eigenvalue weighted by Gasteiger charge is 1.93. The van der Waals surface area contributed by atoms with Gasteiger partial charge in [0, 0.05) is 6.08 Å². The van der Waals surface area contributed by atoms with Crippen LogP contribution in [0.3, 0.4) is 0 Å². The molecule has 0 spiro atoms. The molecule has 0 fully saturated rings. The first-order chi connectivity index (χ1) is 5.20. The predicted molar refractivity (Wildman–Crippen MR) is 36.3 cm³/mol. The number of esters is 1. The molecule has 11 heavy (non-hydrogen) atoms. The predicted octanol–water partition coefficient (Wildman–Crippen LogP) is -0.212. The van der Waals surface area contributed by atoms with E-state index in [1.807, 2.05) is 0 Å². The molecule has 0 aromatic rings. The van der Waals surface area contributed by atoms with Crippen molar-refractivity contribution < 1.29 is 19.4 Å². The Kier molecular flexibility index (Phi) is 4.98. The summed E-state index contributed by atoms with van der Waals surface area (Å²) in [5.74, 6) is -1.32. The Bertz CT molecular complexity index is 151. The quantitative estimate of drug-likeness (QED) is 0.323. The molecule has 0 unspecified atom stereocenters. The van der Waals surface area contributed by atoms with Crippen molar-refractivity contribution in [2.24, 2.45) is 0 Å². The van der Waals surface area contributed by atoms with Crippen LogP contribution in [0, 0.1) is 0 Å². The van der Waals surface area contributed by atoms with Crippen molar-refractivity contribution in [3.63, 3.8) is 0 Å². The van der Waals surface area contributed by atoms with Gasteiger partial charge in [-0.3, -0.25) is 0 Å². The van der Waals surface area contributed by atoms with Crippen LogP contribution >= 0.6 is 0 Å². The van der Waals surface area contributed by atoms with E-state index in [4.69, 9.17) is 0 Å². The van der Waals surface area contributed by atoms with Gasteiger partial charge < -0.3 is 14.6 Å². The fraction of sp³-hybridized carbons (Fsp3) is 0.571. The normalized spacial score (nSPS) is 10.9. The van der Waals surface area contributed by atoms with Crippen LogP contribution in [0.2, 0.25) is 0 Å². The molecule has 0 aliphatic heterocycles. The van der Waals surface area contributed by atoms with Gasteiger partial charge in [-0.05, 0) is 13.5 Å². The summed E-state index contributed by atoms with van der Waals surface area (Å²) in [6.07, 6.45) is 0.785. The first-order valence-corrected chi connectivity index (χ1v) is 3.39. The third-order valence-corrected chi connectivity index (χ3v) is 0.809. The molecule has 0 saturated heterocycles. The summed E-state index contributed by atoms with van der Waals surface area (Å²) in [7, 11) is 0. The lowest BCUT2D eigenvalue weighted by Gasteiger charge is -2.10. The number of carbonyl (C=O) groups is 1. The van der Waals surface area contributed by atoms with Crippen LogP contribution in [0.15, 0.2) is 12.0 Å². The lowest BCUT2D eigenvalue weighted by atomic mass is 10.6. The van der Waals surface area contributed by atoms with Gasteiger partial charge in [0.1, 0.15) is 0 Å². The fourth-order valence-corrected chi connectivity index (χ4v) is 0.464. The van der Waals surface area contributed by atoms with Gasteiger partial charge in [0.05, 0.1) is 12.6 Å². The number of carbonyl (C=O) groups excluding carboxylic acids is 1. The van der Waals surface area contributed by atoms with Crippen molar-refractivity contribution in [1.29, 1.82) is 0 Å². The Labute approximate surface area is 65.4 Å². The lowest BCUT2D eigenvalue weighted by Crippen LogP contribution is -2.11. The molecule has 0 aromatic carbocycles. The highest BCUT2D eigenvalue weighted by Crippen LogP contribution is 1.88. The van der Waals surface area contributed by atoms with Crippen molar-refractivity contribution in [1.82, 2.24) is 0 Å². The Morgan fingerprint density at radius 1 is 1.36 bits per heavy atom. The molecule has 4 heteroatoms. The fourth-order valence-electron chi connectivity index (χ4n) is 0.464. The summed E-state index contributed by atoms with van der Waals surface area (Å²) in [4.78, 5) is 10.5. The third-order valence-electron chi connectivity index (χ3n) is 0.809. The van der Waals surface area contributed by atoms with Crippen LogP contribution in [-0.4, -0.2) is 19.2 Å². The molecule has 4 nitrogen and oxygen atoms in total. The van der Waals surface area contributed by atoms with E-state index in [0.29, 0.717) is 0 Å². The molecule has 0 saturated carbocycles. The van der Waals surface area contributed by atoms with Crippen LogP contribution < -0.4 is 5.11 Å². The summed E-state index contributed by atoms with van der Waals surface area (Å²) < 4.78 is 8.93. The molecule has 64 valence electrons. The van der Waals surface area contributed by atoms with Crippen molar-refractivity contribution >= 4 is 5.97 Å². The largest absolute Gasteiger partial charge is 0.613 e. The average Bonchev–Trinajstić information content (AvgIpc) is 1.87. The summed E-state index contributed by atoms with van der Waals surface area (Å²) in [6.45, 7) is 3.84. The number of hydrogen-bond acceptors (Lipinski definition) is 4. The minimum absolute atomic E-state index is 0.259. The molecule has 0 amide bonds. The second-order valence-electron chi connectivity index (χ2n) is 1.65. The zero-order valence-electron chi connectivity index (χ0n) is 6.62. The smallest absolute Gasteiger partial charge is 0.332 e. The van der Waals surface area contributed by atoms with Crippen molar-refractivity contribution in [3.05, 3.63) is 12.0 Å². The van der Waals surface area contributed by atoms with Crippen LogP contribution in [0.1, 0.15) is 13.8 Å². The molecule has 0 aromatic heterocycles. The summed E-state index contributed by atoms with van der Waals surface area (Å²) in [5, 5.41) is 10.5. The Balaban J connectivity index is 3.76. The molecule has 0 radical (unpaired) electrons. The van der Waals surface area contributed by atoms with E-state index in [1.54, 1.807) is 13.8 Å². The van der Waals surface area contributed by atoms with E-state index in [0.717, 1.165) is 6.08 Å². The monoisotopic (exact) mass is 159 g/mol. The highest BCUT2D eigenvalue weighted by molar-refractivity contribution is 5.81. The molecule has 0 aliphatic rings. The third kappa shape index (κ3) is 5.26. The second-order valence-corrected chi connectivity index (χ2v) is 1.65. The van der Waals surface area contributed by atoms with Gasteiger partial charge in [-0.2, -0.15) is 0 Å². The molecule has 0 atom stereocenters. The maximum atomic E-state index is 10.5. The Hall–Kier alpha value is -1.19. The van der Waals surface area contributed by atoms with Gasteiger partial charge in [0.15, 0.2) is 0 Å². The first kappa shape index (κ1) is 9.81. The van der Waals surface area contributed by atoms with Crippen LogP contribution in [0.5, 0.6) is 0 Å². The molecule has 0 rings (SSSR count). The lowest BCUT2D eigenvalue weighted by molar-refractivity contribution is -0.356. The summed E-state index contributed by atoms with van der Waals surface area (Å²) in [6, 6.07) is 0. The van der Waals surface area contributed by atoms with Gasteiger partial charge in [-0.25, -0.2) is 4.79 Å². The van der Waals surface area contributed by atoms with Crippen LogP contribution in [-0.2, 0) is 14.3 Å². The van der Waals surface area contributed by atoms with Gasteiger partial charge in [-0.1, -0.05) is 6.92 Å². The standard InChI is InChI=1S/C7H12O4/c1-3-10-6(8)5-7(9)11-4-2/h5,8H,3-4H2,1-2H3/p-1. The van der Waals surface area contributed by atoms with E-state index in [-0.39, 0.29) is 13.2 Å². The van der Waals surface area contributed by atoms with Crippen LogP contribution in [0.25, 0.3) is 0 Å². The Morgan fingerprint density at radius 3 is 2.36 bits per heavy atom. The zero-order valence-corrected chi connectivity index (χ0v) is 6.62. The van der Waals surface area contributed by atoms with E-state index < -0.39 is 11.9 Å². The second kappa shape index (κ2) is 5.58. The number of hydrogen-bond donors (Lipinski definition) is 0. The molecule has 0 N–H and O–H groups in total. The highest BCUT2D eigenvalue weighted by atomic mass is 16.6. The molecule has 0 heterocycles. The molecule has 0 bridgehead atoms. The molecule has 0 aliphatic carbocycles. The maximum absolute atomic E-state index is 10.5. The molecular weight excluding hydrogens is 148 g/mol. The Morgan fingerprint density at radius 2 is 1.91 bits per heavy atom. The van der Waals surface area contributed by atoms with Crippen molar-refractivity contribution in [2.75, 3.05) is 13.2 Å². The van der Waals surface area contributed by atoms with Gasteiger partial charge in [0.2, 0.25) is 0 Å². The molecular formula is C7H11O4-.